The molecular formula is C15H17N3O2. The van der Waals surface area contributed by atoms with Gasteiger partial charge in [-0.2, -0.15) is 0 Å². The molecule has 0 unspecified atom stereocenters. The molecule has 1 aromatic heterocycles. The summed E-state index contributed by atoms with van der Waals surface area (Å²) >= 11 is 0. The Morgan fingerprint density at radius 3 is 2.70 bits per heavy atom. The number of fused-ring (bicyclic) bond motifs is 1. The van der Waals surface area contributed by atoms with Gasteiger partial charge in [0.1, 0.15) is 5.82 Å². The average Bonchev–Trinajstić information content (AvgIpc) is 2.70. The molecule has 0 saturated heterocycles. The molecule has 0 fully saturated rings. The predicted octanol–water partition coefficient (Wildman–Crippen LogP) is 2.45. The largest absolute Gasteiger partial charge is 0.490 e. The number of nitrogen functional groups attached to an aromatic ring is 1. The highest BCUT2D eigenvalue weighted by Crippen LogP contribution is 2.33. The van der Waals surface area contributed by atoms with E-state index in [-0.39, 0.29) is 0 Å². The van der Waals surface area contributed by atoms with Gasteiger partial charge in [0.15, 0.2) is 17.3 Å². The highest BCUT2D eigenvalue weighted by molar-refractivity contribution is 5.62. The van der Waals surface area contributed by atoms with Crippen molar-refractivity contribution in [2.75, 3.05) is 18.9 Å². The zero-order valence-corrected chi connectivity index (χ0v) is 11.4. The van der Waals surface area contributed by atoms with Gasteiger partial charge in [0.05, 0.1) is 13.2 Å². The fourth-order valence-corrected chi connectivity index (χ4v) is 2.13. The molecule has 1 aliphatic rings. The van der Waals surface area contributed by atoms with E-state index < -0.39 is 0 Å². The molecule has 0 aliphatic carbocycles. The Morgan fingerprint density at radius 2 is 1.90 bits per heavy atom. The van der Waals surface area contributed by atoms with Crippen molar-refractivity contribution in [1.82, 2.24) is 9.97 Å². The zero-order valence-electron chi connectivity index (χ0n) is 11.4. The average molecular weight is 271 g/mol. The number of anilines is 1. The molecule has 5 nitrogen and oxygen atoms in total. The molecule has 0 bridgehead atoms. The maximum Gasteiger partial charge on any atom is 0.161 e. The molecule has 0 radical (unpaired) electrons. The van der Waals surface area contributed by atoms with Crippen molar-refractivity contribution in [2.24, 2.45) is 0 Å². The van der Waals surface area contributed by atoms with Gasteiger partial charge in [0, 0.05) is 23.7 Å². The van der Waals surface area contributed by atoms with Gasteiger partial charge in [-0.3, -0.25) is 0 Å². The van der Waals surface area contributed by atoms with Crippen LogP contribution in [0.5, 0.6) is 11.5 Å². The molecule has 5 heteroatoms. The monoisotopic (exact) mass is 271 g/mol. The highest BCUT2D eigenvalue weighted by atomic mass is 16.5. The van der Waals surface area contributed by atoms with E-state index in [0.29, 0.717) is 24.9 Å². The maximum absolute atomic E-state index is 5.83. The molecule has 20 heavy (non-hydrogen) atoms. The molecule has 0 atom stereocenters. The van der Waals surface area contributed by atoms with Crippen molar-refractivity contribution in [3.8, 4) is 22.9 Å². The predicted molar refractivity (Wildman–Crippen MR) is 76.9 cm³/mol. The van der Waals surface area contributed by atoms with E-state index in [1.807, 2.05) is 25.1 Å². The fourth-order valence-electron chi connectivity index (χ4n) is 2.13. The highest BCUT2D eigenvalue weighted by Gasteiger charge is 2.13. The van der Waals surface area contributed by atoms with Crippen molar-refractivity contribution >= 4 is 5.82 Å². The summed E-state index contributed by atoms with van der Waals surface area (Å²) in [7, 11) is 0. The van der Waals surface area contributed by atoms with E-state index >= 15 is 0 Å². The van der Waals surface area contributed by atoms with E-state index in [9.17, 15) is 0 Å². The lowest BCUT2D eigenvalue weighted by atomic mass is 10.1. The number of nitrogens with two attached hydrogens (primary N) is 1. The number of benzene rings is 1. The van der Waals surface area contributed by atoms with Crippen molar-refractivity contribution in [1.29, 1.82) is 0 Å². The summed E-state index contributed by atoms with van der Waals surface area (Å²) < 4.78 is 11.3. The van der Waals surface area contributed by atoms with Crippen LogP contribution in [0.3, 0.4) is 0 Å². The lowest BCUT2D eigenvalue weighted by Gasteiger charge is -2.09. The molecule has 1 aliphatic heterocycles. The Hall–Kier alpha value is -2.30. The number of hydrogen-bond acceptors (Lipinski definition) is 5. The first-order chi connectivity index (χ1) is 9.76. The van der Waals surface area contributed by atoms with Crippen molar-refractivity contribution < 1.29 is 9.47 Å². The Balaban J connectivity index is 2.02. The van der Waals surface area contributed by atoms with Crippen LogP contribution in [0.4, 0.5) is 5.82 Å². The molecule has 0 spiro atoms. The van der Waals surface area contributed by atoms with Gasteiger partial charge in [-0.05, 0) is 24.6 Å². The third kappa shape index (κ3) is 2.52. The van der Waals surface area contributed by atoms with E-state index in [1.165, 1.54) is 0 Å². The van der Waals surface area contributed by atoms with E-state index in [0.717, 1.165) is 35.6 Å². The third-order valence-corrected chi connectivity index (χ3v) is 3.17. The number of nitrogens with zero attached hydrogens (tertiary/aromatic N) is 2. The standard InChI is InChI=1S/C15H17N3O2/c1-2-11-9-14(16)18-15(17-11)10-4-5-12-13(8-10)20-7-3-6-19-12/h4-5,8-9H,2-3,6-7H2,1H3,(H2,16,17,18). The number of aromatic nitrogens is 2. The Morgan fingerprint density at radius 1 is 1.10 bits per heavy atom. The van der Waals surface area contributed by atoms with Crippen LogP contribution in [0.1, 0.15) is 19.0 Å². The van der Waals surface area contributed by atoms with E-state index in [4.69, 9.17) is 15.2 Å². The molecule has 2 heterocycles. The Kier molecular flexibility index (Phi) is 3.41. The molecule has 3 rings (SSSR count). The Labute approximate surface area is 117 Å². The SMILES string of the molecule is CCc1cc(N)nc(-c2ccc3c(c2)OCCCO3)n1. The molecule has 0 saturated carbocycles. The lowest BCUT2D eigenvalue weighted by Crippen LogP contribution is -2.00. The summed E-state index contributed by atoms with van der Waals surface area (Å²) in [6, 6.07) is 7.54. The minimum Gasteiger partial charge on any atom is -0.490 e. The molecule has 0 amide bonds. The van der Waals surface area contributed by atoms with Gasteiger partial charge in [-0.25, -0.2) is 9.97 Å². The summed E-state index contributed by atoms with van der Waals surface area (Å²) in [5.74, 6) is 2.62. The van der Waals surface area contributed by atoms with Gasteiger partial charge in [0.25, 0.3) is 0 Å². The summed E-state index contributed by atoms with van der Waals surface area (Å²) in [5.41, 5.74) is 7.64. The van der Waals surface area contributed by atoms with Crippen LogP contribution in [-0.2, 0) is 6.42 Å². The topological polar surface area (TPSA) is 70.3 Å². The molecule has 104 valence electrons. The summed E-state index contributed by atoms with van der Waals surface area (Å²) in [5, 5.41) is 0. The van der Waals surface area contributed by atoms with Gasteiger partial charge in [-0.15, -0.1) is 0 Å². The minimum absolute atomic E-state index is 0.485. The number of aryl methyl sites for hydroxylation is 1. The van der Waals surface area contributed by atoms with Crippen LogP contribution in [-0.4, -0.2) is 23.2 Å². The summed E-state index contributed by atoms with van der Waals surface area (Å²) in [4.78, 5) is 8.80. The van der Waals surface area contributed by atoms with Crippen molar-refractivity contribution in [3.63, 3.8) is 0 Å². The quantitative estimate of drug-likeness (QED) is 0.908. The van der Waals surface area contributed by atoms with Gasteiger partial charge >= 0.3 is 0 Å². The summed E-state index contributed by atoms with van der Waals surface area (Å²) in [6.07, 6.45) is 1.71. The first-order valence-electron chi connectivity index (χ1n) is 6.79. The fraction of sp³-hybridized carbons (Fsp3) is 0.333. The van der Waals surface area contributed by atoms with Gasteiger partial charge in [-0.1, -0.05) is 6.92 Å². The van der Waals surface area contributed by atoms with Gasteiger partial charge < -0.3 is 15.2 Å². The molecule has 1 aromatic carbocycles. The van der Waals surface area contributed by atoms with Crippen LogP contribution < -0.4 is 15.2 Å². The molecule has 2 aromatic rings. The van der Waals surface area contributed by atoms with E-state index in [2.05, 4.69) is 9.97 Å². The van der Waals surface area contributed by atoms with Crippen LogP contribution >= 0.6 is 0 Å². The second-order valence-corrected chi connectivity index (χ2v) is 4.67. The first kappa shape index (κ1) is 12.7. The molecule has 2 N–H and O–H groups in total. The second kappa shape index (κ2) is 5.36. The zero-order chi connectivity index (χ0) is 13.9. The number of rotatable bonds is 2. The van der Waals surface area contributed by atoms with Gasteiger partial charge in [0.2, 0.25) is 0 Å². The van der Waals surface area contributed by atoms with Crippen molar-refractivity contribution in [3.05, 3.63) is 30.0 Å². The van der Waals surface area contributed by atoms with Crippen molar-refractivity contribution in [2.45, 2.75) is 19.8 Å². The van der Waals surface area contributed by atoms with E-state index in [1.54, 1.807) is 6.07 Å². The minimum atomic E-state index is 0.485. The normalized spacial score (nSPS) is 13.8. The second-order valence-electron chi connectivity index (χ2n) is 4.67. The number of ether oxygens (including phenoxy) is 2. The number of hydrogen-bond donors (Lipinski definition) is 1. The Bertz CT molecular complexity index is 629. The van der Waals surface area contributed by atoms with Crippen LogP contribution in [0, 0.1) is 0 Å². The first-order valence-corrected chi connectivity index (χ1v) is 6.79. The van der Waals surface area contributed by atoms with Crippen LogP contribution in [0.15, 0.2) is 24.3 Å². The summed E-state index contributed by atoms with van der Waals surface area (Å²) in [6.45, 7) is 3.38. The third-order valence-electron chi connectivity index (χ3n) is 3.17. The molecular weight excluding hydrogens is 254 g/mol. The smallest absolute Gasteiger partial charge is 0.161 e. The lowest BCUT2D eigenvalue weighted by molar-refractivity contribution is 0.297. The van der Waals surface area contributed by atoms with Crippen LogP contribution in [0.25, 0.3) is 11.4 Å². The maximum atomic E-state index is 5.83. The van der Waals surface area contributed by atoms with Crippen LogP contribution in [0.2, 0.25) is 0 Å².